The number of hydrogen-bond donors (Lipinski definition) is 2. The highest BCUT2D eigenvalue weighted by atomic mass is 32.2. The van der Waals surface area contributed by atoms with Gasteiger partial charge < -0.3 is 52.0 Å². The van der Waals surface area contributed by atoms with Crippen LogP contribution in [0.1, 0.15) is 113 Å². The molecule has 0 bridgehead atoms. The lowest BCUT2D eigenvalue weighted by molar-refractivity contribution is 0.307. The molecule has 3 aliphatic rings. The molecule has 1 aliphatic carbocycles. The van der Waals surface area contributed by atoms with Gasteiger partial charge in [-0.1, -0.05) is 61.0 Å². The Morgan fingerprint density at radius 3 is 1.21 bits per heavy atom. The maximum atomic E-state index is 14.4. The summed E-state index contributed by atoms with van der Waals surface area (Å²) >= 11 is 0. The van der Waals surface area contributed by atoms with Crippen LogP contribution in [0.25, 0.3) is 0 Å². The topological polar surface area (TPSA) is 299 Å². The van der Waals surface area contributed by atoms with Gasteiger partial charge in [0.15, 0.2) is 0 Å². The first-order valence-corrected chi connectivity index (χ1v) is 25.4. The van der Waals surface area contributed by atoms with Crippen LogP contribution in [0.2, 0.25) is 0 Å². The molecular formula is C44H78N10O10S2. The predicted octanol–water partition coefficient (Wildman–Crippen LogP) is 1.98. The van der Waals surface area contributed by atoms with E-state index in [0.717, 1.165) is 90.1 Å². The zero-order chi connectivity index (χ0) is 44.5. The number of rotatable bonds is 16. The van der Waals surface area contributed by atoms with Crippen molar-refractivity contribution < 1.29 is 48.4 Å². The third-order valence-corrected chi connectivity index (χ3v) is 14.8. The maximum absolute atomic E-state index is 14.4. The van der Waals surface area contributed by atoms with E-state index >= 15 is 0 Å². The fourth-order valence-corrected chi connectivity index (χ4v) is 10.8. The van der Waals surface area contributed by atoms with Crippen LogP contribution in [0.15, 0.2) is 66.5 Å². The number of sulfonamides is 2. The van der Waals surface area contributed by atoms with Crippen LogP contribution in [-0.2, 0) is 29.7 Å². The summed E-state index contributed by atoms with van der Waals surface area (Å²) in [5, 5.41) is 15.7. The average Bonchev–Trinajstić information content (AvgIpc) is 3.21. The Morgan fingerprint density at radius 1 is 0.545 bits per heavy atom. The lowest BCUT2D eigenvalue weighted by atomic mass is 9.83. The molecule has 22 heteroatoms. The van der Waals surface area contributed by atoms with E-state index in [-0.39, 0.29) is 49.5 Å². The fourth-order valence-electron chi connectivity index (χ4n) is 7.72. The molecule has 0 saturated carbocycles. The summed E-state index contributed by atoms with van der Waals surface area (Å²) in [4.78, 5) is 25.8. The van der Waals surface area contributed by atoms with Crippen LogP contribution in [0.5, 0.6) is 0 Å². The second kappa shape index (κ2) is 29.6. The maximum Gasteiger partial charge on any atom is 0.314 e. The lowest BCUT2D eigenvalue weighted by Gasteiger charge is -2.27. The van der Waals surface area contributed by atoms with E-state index < -0.39 is 20.0 Å². The van der Waals surface area contributed by atoms with Crippen LogP contribution in [0.4, 0.5) is 0 Å². The normalized spacial score (nSPS) is 16.6. The average molecular weight is 971 g/mol. The van der Waals surface area contributed by atoms with Crippen molar-refractivity contribution in [3.8, 4) is 0 Å². The third-order valence-electron chi connectivity index (χ3n) is 11.0. The Balaban J connectivity index is 0.00000544. The minimum absolute atomic E-state index is 0. The quantitative estimate of drug-likeness (QED) is 0.0910. The van der Waals surface area contributed by atoms with Crippen molar-refractivity contribution in [3.63, 3.8) is 0 Å². The first-order valence-electron chi connectivity index (χ1n) is 22.5. The van der Waals surface area contributed by atoms with Crippen LogP contribution in [0.3, 0.4) is 0 Å². The third kappa shape index (κ3) is 16.6. The van der Waals surface area contributed by atoms with Gasteiger partial charge >= 0.3 is 12.0 Å². The number of oxime groups is 2. The van der Waals surface area contributed by atoms with Gasteiger partial charge in [0.25, 0.3) is 0 Å². The van der Waals surface area contributed by atoms with E-state index in [4.69, 9.17) is 14.8 Å². The van der Waals surface area contributed by atoms with Gasteiger partial charge in [-0.2, -0.15) is 8.61 Å². The summed E-state index contributed by atoms with van der Waals surface area (Å²) in [5.41, 5.74) is 2.45. The van der Waals surface area contributed by atoms with Crippen LogP contribution in [-0.4, -0.2) is 174 Å². The Hall–Kier alpha value is -4.10. The monoisotopic (exact) mass is 971 g/mol. The van der Waals surface area contributed by atoms with E-state index in [0.29, 0.717) is 80.3 Å². The predicted molar refractivity (Wildman–Crippen MR) is 263 cm³/mol. The Labute approximate surface area is 392 Å². The van der Waals surface area contributed by atoms with Crippen molar-refractivity contribution in [2.75, 3.05) is 93.6 Å². The Morgan fingerprint density at radius 2 is 0.879 bits per heavy atom. The van der Waals surface area contributed by atoms with E-state index in [1.807, 2.05) is 42.0 Å². The summed E-state index contributed by atoms with van der Waals surface area (Å²) in [7, 11) is 0.170. The molecule has 2 heterocycles. The van der Waals surface area contributed by atoms with Gasteiger partial charge in [0.2, 0.25) is 20.0 Å². The molecule has 2 saturated heterocycles. The fraction of sp³-hybridized carbons (Fsp3) is 0.636. The summed E-state index contributed by atoms with van der Waals surface area (Å²) in [6.45, 7) is 9.32. The van der Waals surface area contributed by atoms with Crippen molar-refractivity contribution in [1.29, 1.82) is 0 Å². The molecule has 20 nitrogen and oxygen atoms in total. The number of amidine groups is 2. The standard InChI is InChI=1S/C44H70N10O6S2.4H2O/c1-7-45-43(47-25-19-27-51(3)4)59-49-41-37-23-21-35(61(55,56)53-29-15-11-9-12-16-30-53)33-39(37)42(50-60-44(46-8-2)48-26-20-28-52(5)6)40-34-36(22-24-38(40)41)62(57,58)54-31-17-13-10-14-18-32-54;;;;/h21-24,33-34H,7-20,25-32H2,1-6H3,(H,45,47)(H,46,48);4*1H2. The molecule has 0 amide bonds. The number of benzene rings is 2. The van der Waals surface area contributed by atoms with Gasteiger partial charge in [0, 0.05) is 74.6 Å². The van der Waals surface area contributed by atoms with Crippen LogP contribution < -0.4 is 10.6 Å². The molecule has 10 N–H and O–H groups in total. The molecule has 2 fully saturated rings. The van der Waals surface area contributed by atoms with Gasteiger partial charge in [-0.3, -0.25) is 0 Å². The Kier molecular flexibility index (Phi) is 26.9. The SMILES string of the molecule is CCNC(=NCCCN(C)C)ON=C1c2ccc(S(=O)(=O)N3CCCCCCC3)cc2C(=NOC(=NCCCN(C)C)NCC)c2cc(S(=O)(=O)N3CCCCCCC3)ccc21.O.O.O.O. The number of hydrogen-bond acceptors (Lipinski definition) is 12. The molecule has 2 aromatic rings. The molecule has 2 aliphatic heterocycles. The van der Waals surface area contributed by atoms with E-state index in [1.54, 1.807) is 45.0 Å². The number of nitrogens with zero attached hydrogens (tertiary/aromatic N) is 8. The zero-order valence-electron chi connectivity index (χ0n) is 39.9. The van der Waals surface area contributed by atoms with Gasteiger partial charge in [0.1, 0.15) is 11.4 Å². The molecule has 0 unspecified atom stereocenters. The lowest BCUT2D eigenvalue weighted by Crippen LogP contribution is -2.35. The summed E-state index contributed by atoms with van der Waals surface area (Å²) < 4.78 is 60.9. The van der Waals surface area contributed by atoms with Crippen molar-refractivity contribution in [3.05, 3.63) is 58.7 Å². The van der Waals surface area contributed by atoms with Crippen LogP contribution in [0, 0.1) is 0 Å². The Bertz CT molecular complexity index is 2010. The molecule has 66 heavy (non-hydrogen) atoms. The largest absolute Gasteiger partial charge is 0.412 e. The number of aliphatic imine (C=N–C) groups is 2. The summed E-state index contributed by atoms with van der Waals surface area (Å²) in [6.07, 6.45) is 10.8. The van der Waals surface area contributed by atoms with E-state index in [1.165, 1.54) is 0 Å². The minimum Gasteiger partial charge on any atom is -0.412 e. The highest BCUT2D eigenvalue weighted by Crippen LogP contribution is 2.34. The summed E-state index contributed by atoms with van der Waals surface area (Å²) in [5.74, 6) is 0. The van der Waals surface area contributed by atoms with Crippen molar-refractivity contribution in [1.82, 2.24) is 29.0 Å². The molecule has 2 aromatic carbocycles. The van der Waals surface area contributed by atoms with E-state index in [9.17, 15) is 16.8 Å². The van der Waals surface area contributed by atoms with Crippen molar-refractivity contribution in [2.45, 2.75) is 101 Å². The molecule has 0 radical (unpaired) electrons. The second-order valence-electron chi connectivity index (χ2n) is 16.6. The molecule has 376 valence electrons. The smallest absolute Gasteiger partial charge is 0.314 e. The first-order chi connectivity index (χ1) is 29.9. The van der Waals surface area contributed by atoms with Crippen LogP contribution >= 0.6 is 0 Å². The van der Waals surface area contributed by atoms with Gasteiger partial charge in [-0.05, 0) is 118 Å². The van der Waals surface area contributed by atoms with Gasteiger partial charge in [0.05, 0.1) is 9.79 Å². The van der Waals surface area contributed by atoms with E-state index in [2.05, 4.69) is 35.6 Å². The molecular weight excluding hydrogens is 893 g/mol. The molecule has 0 atom stereocenters. The minimum atomic E-state index is -3.93. The molecule has 0 aromatic heterocycles. The number of fused-ring (bicyclic) bond motifs is 2. The summed E-state index contributed by atoms with van der Waals surface area (Å²) in [6, 6.07) is 10.3. The highest BCUT2D eigenvalue weighted by Gasteiger charge is 2.34. The van der Waals surface area contributed by atoms with Gasteiger partial charge in [-0.25, -0.2) is 26.8 Å². The first kappa shape index (κ1) is 59.9. The second-order valence-corrected chi connectivity index (χ2v) is 20.4. The van der Waals surface area contributed by atoms with Gasteiger partial charge in [-0.15, -0.1) is 0 Å². The highest BCUT2D eigenvalue weighted by molar-refractivity contribution is 7.89. The van der Waals surface area contributed by atoms with Crippen molar-refractivity contribution in [2.24, 2.45) is 20.3 Å². The zero-order valence-corrected chi connectivity index (χ0v) is 41.5. The molecule has 0 spiro atoms. The van der Waals surface area contributed by atoms with Crippen molar-refractivity contribution >= 4 is 43.5 Å². The number of nitrogens with one attached hydrogen (secondary N) is 2. The molecule has 5 rings (SSSR count).